The number of likely N-dealkylation sites (tertiary alicyclic amines) is 1. The lowest BCUT2D eigenvalue weighted by Gasteiger charge is -2.33. The number of carbonyl (C=O) groups excluding carboxylic acids is 1. The minimum absolute atomic E-state index is 0.206. The lowest BCUT2D eigenvalue weighted by atomic mass is 10.00. The molecule has 2 amide bonds. The SMILES string of the molecule is CC1(C(=O)O)CCCN1C(=O)NC1CCSCC1. The van der Waals surface area contributed by atoms with Gasteiger partial charge in [-0.05, 0) is 44.1 Å². The summed E-state index contributed by atoms with van der Waals surface area (Å²) in [5.41, 5.74) is -1.03. The van der Waals surface area contributed by atoms with Crippen molar-refractivity contribution in [1.82, 2.24) is 10.2 Å². The van der Waals surface area contributed by atoms with Crippen LogP contribution in [0.4, 0.5) is 4.79 Å². The molecule has 2 aliphatic rings. The van der Waals surface area contributed by atoms with E-state index < -0.39 is 11.5 Å². The Hall–Kier alpha value is -0.910. The van der Waals surface area contributed by atoms with Gasteiger partial charge in [-0.15, -0.1) is 0 Å². The molecule has 2 fully saturated rings. The third-order valence-electron chi connectivity index (χ3n) is 3.90. The standard InChI is InChI=1S/C12H20N2O3S/c1-12(10(15)16)5-2-6-14(12)11(17)13-9-3-7-18-8-4-9/h9H,2-8H2,1H3,(H,13,17)(H,15,16). The van der Waals surface area contributed by atoms with Gasteiger partial charge in [0.25, 0.3) is 0 Å². The van der Waals surface area contributed by atoms with E-state index in [0.717, 1.165) is 30.8 Å². The lowest BCUT2D eigenvalue weighted by molar-refractivity contribution is -0.147. The predicted octanol–water partition coefficient (Wildman–Crippen LogP) is 1.53. The van der Waals surface area contributed by atoms with E-state index >= 15 is 0 Å². The van der Waals surface area contributed by atoms with Gasteiger partial charge in [-0.2, -0.15) is 11.8 Å². The third kappa shape index (κ3) is 2.58. The van der Waals surface area contributed by atoms with Crippen LogP contribution < -0.4 is 5.32 Å². The summed E-state index contributed by atoms with van der Waals surface area (Å²) < 4.78 is 0. The first-order valence-corrected chi connectivity index (χ1v) is 7.59. The maximum absolute atomic E-state index is 12.2. The Morgan fingerprint density at radius 2 is 2.06 bits per heavy atom. The van der Waals surface area contributed by atoms with Gasteiger partial charge in [0, 0.05) is 12.6 Å². The molecule has 1 unspecified atom stereocenters. The molecule has 0 spiro atoms. The van der Waals surface area contributed by atoms with Crippen molar-refractivity contribution in [2.24, 2.45) is 0 Å². The Morgan fingerprint density at radius 3 is 2.67 bits per heavy atom. The molecule has 1 atom stereocenters. The molecule has 0 aliphatic carbocycles. The van der Waals surface area contributed by atoms with Crippen LogP contribution in [0.15, 0.2) is 0 Å². The van der Waals surface area contributed by atoms with Crippen LogP contribution in [0.1, 0.15) is 32.6 Å². The van der Waals surface area contributed by atoms with Crippen molar-refractivity contribution in [1.29, 1.82) is 0 Å². The maximum Gasteiger partial charge on any atom is 0.329 e. The number of rotatable bonds is 2. The van der Waals surface area contributed by atoms with Crippen molar-refractivity contribution in [3.63, 3.8) is 0 Å². The number of hydrogen-bond donors (Lipinski definition) is 2. The topological polar surface area (TPSA) is 69.6 Å². The first kappa shape index (κ1) is 13.5. The second kappa shape index (κ2) is 5.38. The Balaban J connectivity index is 1.97. The van der Waals surface area contributed by atoms with E-state index in [1.807, 2.05) is 11.8 Å². The number of nitrogens with zero attached hydrogens (tertiary/aromatic N) is 1. The van der Waals surface area contributed by atoms with Crippen LogP contribution >= 0.6 is 11.8 Å². The van der Waals surface area contributed by atoms with Crippen LogP contribution in [0.25, 0.3) is 0 Å². The molecule has 6 heteroatoms. The Bertz CT molecular complexity index is 344. The van der Waals surface area contributed by atoms with Gasteiger partial charge >= 0.3 is 12.0 Å². The molecule has 5 nitrogen and oxygen atoms in total. The zero-order valence-corrected chi connectivity index (χ0v) is 11.5. The summed E-state index contributed by atoms with van der Waals surface area (Å²) in [6.07, 6.45) is 3.26. The number of hydrogen-bond acceptors (Lipinski definition) is 3. The minimum atomic E-state index is -1.03. The summed E-state index contributed by atoms with van der Waals surface area (Å²) in [6.45, 7) is 2.18. The number of nitrogens with one attached hydrogen (secondary N) is 1. The fourth-order valence-electron chi connectivity index (χ4n) is 2.61. The molecule has 0 aromatic heterocycles. The fourth-order valence-corrected chi connectivity index (χ4v) is 3.71. The molecule has 0 bridgehead atoms. The molecular formula is C12H20N2O3S. The first-order chi connectivity index (χ1) is 8.54. The number of carbonyl (C=O) groups is 2. The smallest absolute Gasteiger partial charge is 0.329 e. The lowest BCUT2D eigenvalue weighted by Crippen LogP contribution is -2.56. The van der Waals surface area contributed by atoms with Crippen molar-refractivity contribution in [2.45, 2.75) is 44.2 Å². The number of carboxylic acids is 1. The highest BCUT2D eigenvalue weighted by Crippen LogP contribution is 2.29. The van der Waals surface area contributed by atoms with Gasteiger partial charge < -0.3 is 15.3 Å². The second-order valence-electron chi connectivity index (χ2n) is 5.17. The molecule has 2 aliphatic heterocycles. The van der Waals surface area contributed by atoms with Gasteiger partial charge in [0.2, 0.25) is 0 Å². The zero-order valence-electron chi connectivity index (χ0n) is 10.6. The fraction of sp³-hybridized carbons (Fsp3) is 0.833. The molecule has 0 aromatic rings. The van der Waals surface area contributed by atoms with E-state index in [1.54, 1.807) is 6.92 Å². The van der Waals surface area contributed by atoms with E-state index in [1.165, 1.54) is 4.90 Å². The van der Waals surface area contributed by atoms with E-state index in [4.69, 9.17) is 0 Å². The summed E-state index contributed by atoms with van der Waals surface area (Å²) in [5, 5.41) is 12.3. The molecule has 0 radical (unpaired) electrons. The molecule has 18 heavy (non-hydrogen) atoms. The molecule has 2 N–H and O–H groups in total. The quantitative estimate of drug-likeness (QED) is 0.800. The van der Waals surface area contributed by atoms with Crippen LogP contribution in [-0.2, 0) is 4.79 Å². The second-order valence-corrected chi connectivity index (χ2v) is 6.40. The molecule has 0 aromatic carbocycles. The molecular weight excluding hydrogens is 252 g/mol. The average molecular weight is 272 g/mol. The Kier molecular flexibility index (Phi) is 4.04. The Morgan fingerprint density at radius 1 is 1.39 bits per heavy atom. The van der Waals surface area contributed by atoms with E-state index in [2.05, 4.69) is 5.32 Å². The minimum Gasteiger partial charge on any atom is -0.480 e. The highest BCUT2D eigenvalue weighted by atomic mass is 32.2. The number of carboxylic acid groups (broad SMARTS) is 1. The summed E-state index contributed by atoms with van der Waals surface area (Å²) in [7, 11) is 0. The van der Waals surface area contributed by atoms with Crippen LogP contribution in [0.2, 0.25) is 0 Å². The van der Waals surface area contributed by atoms with Crippen molar-refractivity contribution in [3.05, 3.63) is 0 Å². The number of thioether (sulfide) groups is 1. The highest BCUT2D eigenvalue weighted by molar-refractivity contribution is 7.99. The molecule has 2 rings (SSSR count). The van der Waals surface area contributed by atoms with E-state index in [-0.39, 0.29) is 12.1 Å². The summed E-state index contributed by atoms with van der Waals surface area (Å²) in [6, 6.07) is -0.00769. The molecule has 102 valence electrons. The molecule has 2 heterocycles. The van der Waals surface area contributed by atoms with Gasteiger partial charge in [-0.25, -0.2) is 9.59 Å². The third-order valence-corrected chi connectivity index (χ3v) is 4.94. The molecule has 0 saturated carbocycles. The van der Waals surface area contributed by atoms with Crippen molar-refractivity contribution in [3.8, 4) is 0 Å². The van der Waals surface area contributed by atoms with Crippen LogP contribution in [0.5, 0.6) is 0 Å². The zero-order chi connectivity index (χ0) is 13.2. The van der Waals surface area contributed by atoms with Crippen molar-refractivity contribution < 1.29 is 14.7 Å². The predicted molar refractivity (Wildman–Crippen MR) is 70.9 cm³/mol. The number of amides is 2. The number of aliphatic carboxylic acids is 1. The van der Waals surface area contributed by atoms with Gasteiger partial charge in [0.15, 0.2) is 0 Å². The largest absolute Gasteiger partial charge is 0.480 e. The maximum atomic E-state index is 12.2. The summed E-state index contributed by atoms with van der Waals surface area (Å²) >= 11 is 1.90. The normalized spacial score (nSPS) is 29.3. The van der Waals surface area contributed by atoms with Crippen LogP contribution in [-0.4, -0.2) is 51.6 Å². The number of urea groups is 1. The van der Waals surface area contributed by atoms with Crippen LogP contribution in [0, 0.1) is 0 Å². The van der Waals surface area contributed by atoms with Gasteiger partial charge in [-0.3, -0.25) is 0 Å². The van der Waals surface area contributed by atoms with E-state index in [0.29, 0.717) is 13.0 Å². The van der Waals surface area contributed by atoms with E-state index in [9.17, 15) is 14.7 Å². The monoisotopic (exact) mass is 272 g/mol. The van der Waals surface area contributed by atoms with Crippen molar-refractivity contribution >= 4 is 23.8 Å². The van der Waals surface area contributed by atoms with Gasteiger partial charge in [0.1, 0.15) is 5.54 Å². The Labute approximate surface area is 111 Å². The first-order valence-electron chi connectivity index (χ1n) is 6.43. The summed E-state index contributed by atoms with van der Waals surface area (Å²) in [4.78, 5) is 25.0. The molecule has 2 saturated heterocycles. The van der Waals surface area contributed by atoms with Crippen LogP contribution in [0.3, 0.4) is 0 Å². The van der Waals surface area contributed by atoms with Crippen molar-refractivity contribution in [2.75, 3.05) is 18.1 Å². The summed E-state index contributed by atoms with van der Waals surface area (Å²) in [5.74, 6) is 1.23. The van der Waals surface area contributed by atoms with Gasteiger partial charge in [-0.1, -0.05) is 0 Å². The van der Waals surface area contributed by atoms with Gasteiger partial charge in [0.05, 0.1) is 0 Å². The highest BCUT2D eigenvalue weighted by Gasteiger charge is 2.46. The average Bonchev–Trinajstić information content (AvgIpc) is 2.74.